The van der Waals surface area contributed by atoms with Gasteiger partial charge in [0.1, 0.15) is 18.1 Å². The Morgan fingerprint density at radius 1 is 1.39 bits per heavy atom. The lowest BCUT2D eigenvalue weighted by molar-refractivity contribution is -0.139. The number of carbonyl (C=O) groups is 1. The van der Waals surface area contributed by atoms with Gasteiger partial charge in [-0.1, -0.05) is 18.2 Å². The Morgan fingerprint density at radius 3 is 2.78 bits per heavy atom. The Balaban J connectivity index is 2.37. The van der Waals surface area contributed by atoms with E-state index in [1.54, 1.807) is 19.3 Å². The van der Waals surface area contributed by atoms with Crippen molar-refractivity contribution in [1.82, 2.24) is 0 Å². The summed E-state index contributed by atoms with van der Waals surface area (Å²) in [5, 5.41) is 9.72. The topological polar surface area (TPSA) is 55.8 Å². The summed E-state index contributed by atoms with van der Waals surface area (Å²) in [5.41, 5.74) is 0.868. The summed E-state index contributed by atoms with van der Waals surface area (Å²) in [5.74, 6) is 0.594. The number of methoxy groups -OCH3 is 1. The molecule has 1 aromatic carbocycles. The number of allylic oxidation sites excluding steroid dienone is 1. The molecule has 0 bridgehead atoms. The summed E-state index contributed by atoms with van der Waals surface area (Å²) >= 11 is 0. The second-order valence-electron chi connectivity index (χ2n) is 3.81. The molecule has 0 spiro atoms. The summed E-state index contributed by atoms with van der Waals surface area (Å²) in [6.45, 7) is 1.67. The number of esters is 1. The molecule has 0 saturated heterocycles. The number of hydrogen-bond donors (Lipinski definition) is 1. The van der Waals surface area contributed by atoms with Crippen LogP contribution < -0.4 is 4.74 Å². The van der Waals surface area contributed by atoms with Crippen LogP contribution in [0, 0.1) is 0 Å². The number of hydrogen-bond acceptors (Lipinski definition) is 4. The maximum atomic E-state index is 10.5. The normalized spacial score (nSPS) is 10.6. The number of benzene rings is 1. The van der Waals surface area contributed by atoms with Crippen LogP contribution in [0.4, 0.5) is 0 Å². The average Bonchev–Trinajstić information content (AvgIpc) is 2.34. The molecule has 0 aliphatic heterocycles. The molecule has 0 fully saturated rings. The highest BCUT2D eigenvalue weighted by molar-refractivity contribution is 5.65. The third kappa shape index (κ3) is 4.91. The highest BCUT2D eigenvalue weighted by Gasteiger charge is 2.01. The largest absolute Gasteiger partial charge is 0.508 e. The first kappa shape index (κ1) is 14.1. The molecule has 0 radical (unpaired) electrons. The maximum Gasteiger partial charge on any atom is 0.302 e. The van der Waals surface area contributed by atoms with Crippen molar-refractivity contribution < 1.29 is 19.4 Å². The molecule has 4 heteroatoms. The van der Waals surface area contributed by atoms with Gasteiger partial charge in [-0.05, 0) is 24.5 Å². The van der Waals surface area contributed by atoms with E-state index < -0.39 is 0 Å². The van der Waals surface area contributed by atoms with Gasteiger partial charge in [-0.3, -0.25) is 4.79 Å². The Bertz CT molecular complexity index is 424. The molecule has 0 atom stereocenters. The molecule has 1 aromatic rings. The summed E-state index contributed by atoms with van der Waals surface area (Å²) in [6.07, 6.45) is 5.22. The monoisotopic (exact) mass is 250 g/mol. The van der Waals surface area contributed by atoms with Crippen molar-refractivity contribution in [2.45, 2.75) is 19.8 Å². The lowest BCUT2D eigenvalue weighted by atomic mass is 10.1. The first-order chi connectivity index (χ1) is 8.63. The van der Waals surface area contributed by atoms with Gasteiger partial charge in [0, 0.05) is 13.0 Å². The molecule has 0 heterocycles. The molecule has 1 rings (SSSR count). The van der Waals surface area contributed by atoms with Crippen molar-refractivity contribution >= 4 is 5.97 Å². The van der Waals surface area contributed by atoms with E-state index in [0.717, 1.165) is 18.4 Å². The Hall–Kier alpha value is -1.97. The highest BCUT2D eigenvalue weighted by Crippen LogP contribution is 2.24. The minimum atomic E-state index is -0.285. The highest BCUT2D eigenvalue weighted by atomic mass is 16.5. The standard InChI is InChI=1S/C14H18O4/c1-11(15)18-9-5-3-4-6-12-7-8-13(17-2)10-14(12)16/h3,5,7-8,10,16H,4,6,9H2,1-2H3/b5-3+. The number of phenols is 1. The zero-order chi connectivity index (χ0) is 13.4. The third-order valence-electron chi connectivity index (χ3n) is 2.42. The van der Waals surface area contributed by atoms with Gasteiger partial charge < -0.3 is 14.6 Å². The van der Waals surface area contributed by atoms with Crippen LogP contribution in [0.15, 0.2) is 30.4 Å². The molecule has 18 heavy (non-hydrogen) atoms. The van der Waals surface area contributed by atoms with Gasteiger partial charge in [-0.15, -0.1) is 0 Å². The summed E-state index contributed by atoms with van der Waals surface area (Å²) in [4.78, 5) is 10.5. The number of phenolic OH excluding ortho intramolecular Hbond substituents is 1. The van der Waals surface area contributed by atoms with Gasteiger partial charge in [-0.25, -0.2) is 0 Å². The van der Waals surface area contributed by atoms with Crippen molar-refractivity contribution in [3.63, 3.8) is 0 Å². The average molecular weight is 250 g/mol. The molecule has 0 aliphatic rings. The van der Waals surface area contributed by atoms with Gasteiger partial charge in [0.2, 0.25) is 0 Å². The molecule has 4 nitrogen and oxygen atoms in total. The molecular formula is C14H18O4. The fraction of sp³-hybridized carbons (Fsp3) is 0.357. The minimum absolute atomic E-state index is 0.239. The number of rotatable bonds is 6. The van der Waals surface area contributed by atoms with E-state index in [-0.39, 0.29) is 11.7 Å². The van der Waals surface area contributed by atoms with E-state index in [1.807, 2.05) is 18.2 Å². The molecule has 0 aromatic heterocycles. The van der Waals surface area contributed by atoms with Crippen molar-refractivity contribution in [3.05, 3.63) is 35.9 Å². The van der Waals surface area contributed by atoms with Crippen LogP contribution in [0.5, 0.6) is 11.5 Å². The molecule has 0 unspecified atom stereocenters. The van der Waals surface area contributed by atoms with E-state index in [1.165, 1.54) is 6.92 Å². The van der Waals surface area contributed by atoms with E-state index in [4.69, 9.17) is 9.47 Å². The minimum Gasteiger partial charge on any atom is -0.508 e. The van der Waals surface area contributed by atoms with Crippen LogP contribution in [-0.2, 0) is 16.0 Å². The van der Waals surface area contributed by atoms with Gasteiger partial charge in [0.25, 0.3) is 0 Å². The lowest BCUT2D eigenvalue weighted by Gasteiger charge is -2.05. The number of aryl methyl sites for hydroxylation is 1. The number of carbonyl (C=O) groups excluding carboxylic acids is 1. The van der Waals surface area contributed by atoms with Gasteiger partial charge in [0.05, 0.1) is 7.11 Å². The van der Waals surface area contributed by atoms with Gasteiger partial charge in [0.15, 0.2) is 0 Å². The lowest BCUT2D eigenvalue weighted by Crippen LogP contribution is -1.97. The molecule has 0 amide bonds. The Kier molecular flexibility index (Phi) is 5.77. The number of aromatic hydroxyl groups is 1. The van der Waals surface area contributed by atoms with E-state index >= 15 is 0 Å². The van der Waals surface area contributed by atoms with Crippen LogP contribution >= 0.6 is 0 Å². The van der Waals surface area contributed by atoms with Crippen LogP contribution in [0.2, 0.25) is 0 Å². The fourth-order valence-electron chi connectivity index (χ4n) is 1.47. The quantitative estimate of drug-likeness (QED) is 0.622. The summed E-state index contributed by atoms with van der Waals surface area (Å²) < 4.78 is 9.76. The zero-order valence-electron chi connectivity index (χ0n) is 10.7. The van der Waals surface area contributed by atoms with Crippen molar-refractivity contribution in [2.24, 2.45) is 0 Å². The molecule has 98 valence electrons. The van der Waals surface area contributed by atoms with Gasteiger partial charge >= 0.3 is 5.97 Å². The van der Waals surface area contributed by atoms with Crippen LogP contribution in [0.25, 0.3) is 0 Å². The van der Waals surface area contributed by atoms with E-state index in [0.29, 0.717) is 12.4 Å². The van der Waals surface area contributed by atoms with Crippen LogP contribution in [0.3, 0.4) is 0 Å². The zero-order valence-corrected chi connectivity index (χ0v) is 10.7. The van der Waals surface area contributed by atoms with Crippen molar-refractivity contribution in [2.75, 3.05) is 13.7 Å². The summed E-state index contributed by atoms with van der Waals surface area (Å²) in [7, 11) is 1.56. The van der Waals surface area contributed by atoms with E-state index in [9.17, 15) is 9.90 Å². The summed E-state index contributed by atoms with van der Waals surface area (Å²) in [6, 6.07) is 5.25. The molecule has 0 aliphatic carbocycles. The van der Waals surface area contributed by atoms with Crippen molar-refractivity contribution in [3.8, 4) is 11.5 Å². The van der Waals surface area contributed by atoms with Crippen LogP contribution in [-0.4, -0.2) is 24.8 Å². The second-order valence-corrected chi connectivity index (χ2v) is 3.81. The predicted octanol–water partition coefficient (Wildman–Crippen LogP) is 2.45. The van der Waals surface area contributed by atoms with Crippen LogP contribution in [0.1, 0.15) is 18.9 Å². The SMILES string of the molecule is COc1ccc(CC/C=C/COC(C)=O)c(O)c1. The maximum absolute atomic E-state index is 10.5. The fourth-order valence-corrected chi connectivity index (χ4v) is 1.47. The second kappa shape index (κ2) is 7.37. The molecule has 0 saturated carbocycles. The predicted molar refractivity (Wildman–Crippen MR) is 68.8 cm³/mol. The number of ether oxygens (including phenoxy) is 2. The Morgan fingerprint density at radius 2 is 2.17 bits per heavy atom. The third-order valence-corrected chi connectivity index (χ3v) is 2.42. The van der Waals surface area contributed by atoms with Gasteiger partial charge in [-0.2, -0.15) is 0 Å². The first-order valence-electron chi connectivity index (χ1n) is 5.77. The first-order valence-corrected chi connectivity index (χ1v) is 5.77. The smallest absolute Gasteiger partial charge is 0.302 e. The molecule has 1 N–H and O–H groups in total. The van der Waals surface area contributed by atoms with E-state index in [2.05, 4.69) is 0 Å². The Labute approximate surface area is 107 Å². The van der Waals surface area contributed by atoms with Crippen molar-refractivity contribution in [1.29, 1.82) is 0 Å². The molecular weight excluding hydrogens is 232 g/mol.